The van der Waals surface area contributed by atoms with Gasteiger partial charge < -0.3 is 19.9 Å². The molecule has 0 aliphatic carbocycles. The number of halogens is 1. The van der Waals surface area contributed by atoms with Crippen molar-refractivity contribution < 1.29 is 22.3 Å². The van der Waals surface area contributed by atoms with Crippen LogP contribution in [0.1, 0.15) is 15.9 Å². The minimum atomic E-state index is -3.92. The van der Waals surface area contributed by atoms with Gasteiger partial charge in [-0.05, 0) is 67.2 Å². The lowest BCUT2D eigenvalue weighted by Gasteiger charge is -2.35. The zero-order valence-corrected chi connectivity index (χ0v) is 21.0. The molecule has 1 aliphatic heterocycles. The molecule has 1 aliphatic rings. The van der Waals surface area contributed by atoms with E-state index in [1.807, 2.05) is 7.05 Å². The van der Waals surface area contributed by atoms with Crippen molar-refractivity contribution in [3.8, 4) is 5.75 Å². The Balaban J connectivity index is 1.60. The Hall–Kier alpha value is -3.63. The minimum absolute atomic E-state index is 0.0822. The van der Waals surface area contributed by atoms with Crippen LogP contribution in [0.3, 0.4) is 0 Å². The Morgan fingerprint density at radius 3 is 2.28 bits per heavy atom. The molecule has 0 atom stereocenters. The number of hydrogen-bond acceptors (Lipinski definition) is 6. The van der Waals surface area contributed by atoms with Gasteiger partial charge in [0.05, 0.1) is 23.4 Å². The number of anilines is 2. The number of hydrogen-bond donors (Lipinski definition) is 2. The standard InChI is InChI=1S/C26H29FN4O4S/c1-30-13-15-31(16-14-30)25-12-5-20(26(32)28-18-19-3-6-21(27)7-4-19)17-24(25)29-36(33,34)23-10-8-22(35-2)9-11-23/h3-12,17,29H,13-16,18H2,1-2H3,(H,28,32). The van der Waals surface area contributed by atoms with E-state index in [-0.39, 0.29) is 23.2 Å². The van der Waals surface area contributed by atoms with Crippen molar-refractivity contribution in [3.05, 3.63) is 83.7 Å². The van der Waals surface area contributed by atoms with Crippen molar-refractivity contribution in [1.82, 2.24) is 10.2 Å². The monoisotopic (exact) mass is 512 g/mol. The van der Waals surface area contributed by atoms with Crippen LogP contribution in [0.15, 0.2) is 71.6 Å². The summed E-state index contributed by atoms with van der Waals surface area (Å²) in [6, 6.07) is 17.0. The normalized spacial score (nSPS) is 14.4. The Kier molecular flexibility index (Phi) is 7.76. The molecule has 8 nitrogen and oxygen atoms in total. The second kappa shape index (κ2) is 11.0. The molecule has 36 heavy (non-hydrogen) atoms. The summed E-state index contributed by atoms with van der Waals surface area (Å²) in [4.78, 5) is 17.3. The molecule has 2 N–H and O–H groups in total. The van der Waals surface area contributed by atoms with E-state index in [1.54, 1.807) is 42.5 Å². The Bertz CT molecular complexity index is 1310. The van der Waals surface area contributed by atoms with E-state index in [4.69, 9.17) is 4.74 Å². The maximum atomic E-state index is 13.2. The number of benzene rings is 3. The first-order valence-electron chi connectivity index (χ1n) is 11.5. The summed E-state index contributed by atoms with van der Waals surface area (Å²) in [6.07, 6.45) is 0. The molecule has 3 aromatic rings. The first-order valence-corrected chi connectivity index (χ1v) is 13.0. The molecule has 0 radical (unpaired) electrons. The predicted octanol–water partition coefficient (Wildman–Crippen LogP) is 3.32. The van der Waals surface area contributed by atoms with Gasteiger partial charge in [-0.15, -0.1) is 0 Å². The van der Waals surface area contributed by atoms with E-state index < -0.39 is 10.0 Å². The number of rotatable bonds is 8. The van der Waals surface area contributed by atoms with Crippen LogP contribution in [-0.2, 0) is 16.6 Å². The number of piperazine rings is 1. The molecular formula is C26H29FN4O4S. The molecule has 0 bridgehead atoms. The van der Waals surface area contributed by atoms with Crippen molar-refractivity contribution in [3.63, 3.8) is 0 Å². The van der Waals surface area contributed by atoms with Gasteiger partial charge in [-0.1, -0.05) is 12.1 Å². The van der Waals surface area contributed by atoms with E-state index in [1.165, 1.54) is 31.4 Å². The summed E-state index contributed by atoms with van der Waals surface area (Å²) in [7, 11) is -0.370. The molecule has 0 aromatic heterocycles. The lowest BCUT2D eigenvalue weighted by Crippen LogP contribution is -2.44. The molecule has 3 aromatic carbocycles. The molecule has 0 unspecified atom stereocenters. The first-order chi connectivity index (χ1) is 17.2. The van der Waals surface area contributed by atoms with Gasteiger partial charge in [-0.2, -0.15) is 0 Å². The minimum Gasteiger partial charge on any atom is -0.497 e. The number of methoxy groups -OCH3 is 1. The highest BCUT2D eigenvalue weighted by atomic mass is 32.2. The van der Waals surface area contributed by atoms with Crippen LogP contribution in [-0.4, -0.2) is 59.6 Å². The number of nitrogens with zero attached hydrogens (tertiary/aromatic N) is 2. The average Bonchev–Trinajstić information content (AvgIpc) is 2.88. The maximum absolute atomic E-state index is 13.2. The lowest BCUT2D eigenvalue weighted by molar-refractivity contribution is 0.0951. The Morgan fingerprint density at radius 1 is 0.972 bits per heavy atom. The van der Waals surface area contributed by atoms with Gasteiger partial charge in [0.1, 0.15) is 11.6 Å². The zero-order chi connectivity index (χ0) is 25.7. The Labute approximate surface area is 210 Å². The van der Waals surface area contributed by atoms with Gasteiger partial charge >= 0.3 is 0 Å². The van der Waals surface area contributed by atoms with Crippen LogP contribution < -0.4 is 19.7 Å². The third-order valence-electron chi connectivity index (χ3n) is 6.08. The van der Waals surface area contributed by atoms with Gasteiger partial charge in [0.15, 0.2) is 0 Å². The SMILES string of the molecule is COc1ccc(S(=O)(=O)Nc2cc(C(=O)NCc3ccc(F)cc3)ccc2N2CCN(C)CC2)cc1. The van der Waals surface area contributed by atoms with E-state index in [0.717, 1.165) is 31.7 Å². The van der Waals surface area contributed by atoms with E-state index in [0.29, 0.717) is 22.7 Å². The summed E-state index contributed by atoms with van der Waals surface area (Å²) < 4.78 is 47.3. The second-order valence-electron chi connectivity index (χ2n) is 8.61. The number of likely N-dealkylation sites (N-methyl/N-ethyl adjacent to an activating group) is 1. The molecule has 1 heterocycles. The molecule has 1 fully saturated rings. The highest BCUT2D eigenvalue weighted by Gasteiger charge is 2.22. The van der Waals surface area contributed by atoms with Crippen molar-refractivity contribution in [2.24, 2.45) is 0 Å². The number of amides is 1. The van der Waals surface area contributed by atoms with E-state index in [9.17, 15) is 17.6 Å². The summed E-state index contributed by atoms with van der Waals surface area (Å²) >= 11 is 0. The van der Waals surface area contributed by atoms with Crippen molar-refractivity contribution >= 4 is 27.3 Å². The molecular weight excluding hydrogens is 483 g/mol. The number of carbonyl (C=O) groups excluding carboxylic acids is 1. The van der Waals surface area contributed by atoms with E-state index in [2.05, 4.69) is 19.8 Å². The highest BCUT2D eigenvalue weighted by Crippen LogP contribution is 2.31. The van der Waals surface area contributed by atoms with E-state index >= 15 is 0 Å². The quantitative estimate of drug-likeness (QED) is 0.481. The zero-order valence-electron chi connectivity index (χ0n) is 20.2. The smallest absolute Gasteiger partial charge is 0.261 e. The fraction of sp³-hybridized carbons (Fsp3) is 0.269. The molecule has 1 amide bonds. The molecule has 10 heteroatoms. The summed E-state index contributed by atoms with van der Waals surface area (Å²) in [5.41, 5.74) is 2.08. The average molecular weight is 513 g/mol. The molecule has 1 saturated heterocycles. The predicted molar refractivity (Wildman–Crippen MR) is 138 cm³/mol. The number of nitrogens with one attached hydrogen (secondary N) is 2. The van der Waals surface area contributed by atoms with Crippen LogP contribution in [0, 0.1) is 5.82 Å². The van der Waals surface area contributed by atoms with Gasteiger partial charge in [0.2, 0.25) is 0 Å². The van der Waals surface area contributed by atoms with Crippen LogP contribution in [0.25, 0.3) is 0 Å². The van der Waals surface area contributed by atoms with Crippen LogP contribution in [0.2, 0.25) is 0 Å². The summed E-state index contributed by atoms with van der Waals surface area (Å²) in [5, 5.41) is 2.80. The van der Waals surface area contributed by atoms with Crippen LogP contribution in [0.4, 0.5) is 15.8 Å². The molecule has 0 spiro atoms. The Morgan fingerprint density at radius 2 is 1.64 bits per heavy atom. The van der Waals surface area contributed by atoms with Crippen LogP contribution >= 0.6 is 0 Å². The number of ether oxygens (including phenoxy) is 1. The molecule has 0 saturated carbocycles. The van der Waals surface area contributed by atoms with Gasteiger partial charge in [0, 0.05) is 38.3 Å². The van der Waals surface area contributed by atoms with Gasteiger partial charge in [0.25, 0.3) is 15.9 Å². The van der Waals surface area contributed by atoms with Crippen molar-refractivity contribution in [2.75, 3.05) is 50.0 Å². The molecule has 190 valence electrons. The fourth-order valence-corrected chi connectivity index (χ4v) is 4.99. The number of carbonyl (C=O) groups is 1. The fourth-order valence-electron chi connectivity index (χ4n) is 3.93. The summed E-state index contributed by atoms with van der Waals surface area (Å²) in [5.74, 6) is -0.167. The topological polar surface area (TPSA) is 91.0 Å². The number of sulfonamides is 1. The van der Waals surface area contributed by atoms with Gasteiger partial charge in [-0.25, -0.2) is 12.8 Å². The highest BCUT2D eigenvalue weighted by molar-refractivity contribution is 7.92. The first kappa shape index (κ1) is 25.5. The third kappa shape index (κ3) is 6.13. The molecule has 4 rings (SSSR count). The third-order valence-corrected chi connectivity index (χ3v) is 7.46. The van der Waals surface area contributed by atoms with Crippen molar-refractivity contribution in [1.29, 1.82) is 0 Å². The van der Waals surface area contributed by atoms with Gasteiger partial charge in [-0.3, -0.25) is 9.52 Å². The summed E-state index contributed by atoms with van der Waals surface area (Å²) in [6.45, 7) is 3.34. The maximum Gasteiger partial charge on any atom is 0.261 e. The largest absolute Gasteiger partial charge is 0.497 e. The second-order valence-corrected chi connectivity index (χ2v) is 10.3. The van der Waals surface area contributed by atoms with Crippen molar-refractivity contribution in [2.45, 2.75) is 11.4 Å². The lowest BCUT2D eigenvalue weighted by atomic mass is 10.1. The van der Waals surface area contributed by atoms with Crippen LogP contribution in [0.5, 0.6) is 5.75 Å².